The van der Waals surface area contributed by atoms with Crippen LogP contribution >= 0.6 is 0 Å². The number of rotatable bonds is 7. The summed E-state index contributed by atoms with van der Waals surface area (Å²) in [7, 11) is 4.05. The van der Waals surface area contributed by atoms with Crippen molar-refractivity contribution in [1.29, 1.82) is 0 Å². The highest BCUT2D eigenvalue weighted by Crippen LogP contribution is 2.35. The van der Waals surface area contributed by atoms with E-state index >= 15 is 0 Å². The zero-order valence-electron chi connectivity index (χ0n) is 18.7. The predicted molar refractivity (Wildman–Crippen MR) is 128 cm³/mol. The first-order valence-corrected chi connectivity index (χ1v) is 10.9. The van der Waals surface area contributed by atoms with E-state index in [4.69, 9.17) is 9.72 Å². The second-order valence-electron chi connectivity index (χ2n) is 8.39. The average Bonchev–Trinajstić information content (AvgIpc) is 3.58. The van der Waals surface area contributed by atoms with Gasteiger partial charge in [-0.05, 0) is 62.8 Å². The van der Waals surface area contributed by atoms with E-state index in [1.807, 2.05) is 56.7 Å². The molecule has 0 bridgehead atoms. The number of H-pyrrole nitrogens is 2. The van der Waals surface area contributed by atoms with Crippen LogP contribution in [0, 0.1) is 0 Å². The van der Waals surface area contributed by atoms with Crippen LogP contribution in [0.2, 0.25) is 0 Å². The second kappa shape index (κ2) is 8.91. The molecule has 0 unspecified atom stereocenters. The van der Waals surface area contributed by atoms with Crippen LogP contribution in [0.15, 0.2) is 60.0 Å². The third-order valence-electron chi connectivity index (χ3n) is 5.87. The molecule has 2 aromatic heterocycles. The summed E-state index contributed by atoms with van der Waals surface area (Å²) in [6.07, 6.45) is 5.23. The molecule has 2 aromatic carbocycles. The summed E-state index contributed by atoms with van der Waals surface area (Å²) in [5, 5.41) is 19.7. The van der Waals surface area contributed by atoms with Gasteiger partial charge < -0.3 is 19.8 Å². The number of aromatic nitrogens is 4. The predicted octanol–water partition coefficient (Wildman–Crippen LogP) is 4.20. The normalized spacial score (nSPS) is 14.2. The third kappa shape index (κ3) is 4.25. The molecule has 33 heavy (non-hydrogen) atoms. The van der Waals surface area contributed by atoms with Gasteiger partial charge in [0.1, 0.15) is 18.2 Å². The topological polar surface area (TPSA) is 102 Å². The second-order valence-corrected chi connectivity index (χ2v) is 8.39. The van der Waals surface area contributed by atoms with Crippen LogP contribution < -0.4 is 4.74 Å². The van der Waals surface area contributed by atoms with Crippen molar-refractivity contribution >= 4 is 5.71 Å². The summed E-state index contributed by atoms with van der Waals surface area (Å²) in [5.41, 5.74) is 7.60. The minimum Gasteiger partial charge on any atom is -0.492 e. The van der Waals surface area contributed by atoms with Crippen LogP contribution in [0.1, 0.15) is 17.5 Å². The fourth-order valence-corrected chi connectivity index (χ4v) is 4.09. The molecule has 0 aliphatic heterocycles. The van der Waals surface area contributed by atoms with E-state index in [9.17, 15) is 5.21 Å². The Balaban J connectivity index is 1.48. The van der Waals surface area contributed by atoms with E-state index < -0.39 is 0 Å². The van der Waals surface area contributed by atoms with Gasteiger partial charge in [-0.1, -0.05) is 17.3 Å². The first-order valence-electron chi connectivity index (χ1n) is 10.9. The number of benzene rings is 2. The number of hydrogen-bond acceptors (Lipinski definition) is 6. The molecule has 2 heterocycles. The molecule has 3 N–H and O–H groups in total. The number of fused-ring (bicyclic) bond motifs is 1. The van der Waals surface area contributed by atoms with Gasteiger partial charge >= 0.3 is 0 Å². The Morgan fingerprint density at radius 2 is 1.88 bits per heavy atom. The molecule has 8 heteroatoms. The van der Waals surface area contributed by atoms with Gasteiger partial charge in [0.15, 0.2) is 0 Å². The smallest absolute Gasteiger partial charge is 0.138 e. The Kier molecular flexibility index (Phi) is 5.66. The first-order chi connectivity index (χ1) is 16.1. The number of oxime groups is 1. The summed E-state index contributed by atoms with van der Waals surface area (Å²) in [4.78, 5) is 10.5. The lowest BCUT2D eigenvalue weighted by Gasteiger charge is -2.11. The van der Waals surface area contributed by atoms with Crippen molar-refractivity contribution < 1.29 is 9.94 Å². The maximum atomic E-state index is 9.24. The Labute approximate surface area is 191 Å². The van der Waals surface area contributed by atoms with Crippen LogP contribution in [0.5, 0.6) is 5.75 Å². The number of likely N-dealkylation sites (N-methyl/N-ethyl adjacent to an activating group) is 1. The van der Waals surface area contributed by atoms with E-state index in [1.54, 1.807) is 6.20 Å². The van der Waals surface area contributed by atoms with Gasteiger partial charge in [0, 0.05) is 35.0 Å². The van der Waals surface area contributed by atoms with E-state index in [-0.39, 0.29) is 0 Å². The molecular formula is C25H26N6O2. The Morgan fingerprint density at radius 1 is 1.06 bits per heavy atom. The number of nitrogens with one attached hydrogen (secondary N) is 2. The van der Waals surface area contributed by atoms with Crippen LogP contribution in [0.3, 0.4) is 0 Å². The molecule has 4 aromatic rings. The molecule has 0 radical (unpaired) electrons. The summed E-state index contributed by atoms with van der Waals surface area (Å²) in [6, 6.07) is 14.2. The van der Waals surface area contributed by atoms with E-state index in [0.717, 1.165) is 70.3 Å². The number of ether oxygens (including phenoxy) is 1. The molecule has 0 atom stereocenters. The molecule has 0 fully saturated rings. The van der Waals surface area contributed by atoms with Gasteiger partial charge in [0.25, 0.3) is 0 Å². The highest BCUT2D eigenvalue weighted by Gasteiger charge is 2.21. The van der Waals surface area contributed by atoms with Gasteiger partial charge in [-0.3, -0.25) is 5.10 Å². The van der Waals surface area contributed by atoms with Gasteiger partial charge in [-0.25, -0.2) is 4.98 Å². The Morgan fingerprint density at radius 3 is 2.61 bits per heavy atom. The molecule has 5 rings (SSSR count). The van der Waals surface area contributed by atoms with E-state index in [0.29, 0.717) is 6.61 Å². The molecule has 8 nitrogen and oxygen atoms in total. The number of nitrogens with zero attached hydrogens (tertiary/aromatic N) is 4. The number of aromatic amines is 2. The molecule has 0 spiro atoms. The number of imidazole rings is 1. The third-order valence-corrected chi connectivity index (χ3v) is 5.87. The molecule has 0 saturated heterocycles. The van der Waals surface area contributed by atoms with Gasteiger partial charge in [0.05, 0.1) is 23.3 Å². The standard InChI is InChI=1S/C25H26N6O2/c1-31(2)11-12-33-20-7-3-16(4-8-20)25-28-23(24(29-25)19-14-26-27-15-19)18-5-9-21-17(13-18)6-10-22(21)30-32/h3-5,7-9,13-15,32H,6,10-12H2,1-2H3,(H,26,27)(H,28,29)/b30-22+. The van der Waals surface area contributed by atoms with Gasteiger partial charge in [-0.2, -0.15) is 5.10 Å². The van der Waals surface area contributed by atoms with Crippen LogP contribution in [-0.2, 0) is 6.42 Å². The molecule has 0 saturated carbocycles. The minimum atomic E-state index is 0.642. The largest absolute Gasteiger partial charge is 0.492 e. The fraction of sp³-hybridized carbons (Fsp3) is 0.240. The lowest BCUT2D eigenvalue weighted by molar-refractivity contribution is 0.261. The highest BCUT2D eigenvalue weighted by atomic mass is 16.5. The summed E-state index contributed by atoms with van der Waals surface area (Å²) in [5.74, 6) is 1.61. The van der Waals surface area contributed by atoms with Crippen LogP contribution in [0.4, 0.5) is 0 Å². The van der Waals surface area contributed by atoms with E-state index in [1.165, 1.54) is 5.56 Å². The SMILES string of the molecule is CN(C)CCOc1ccc(-c2nc(-c3cn[nH]c3)c(-c3ccc4c(c3)CC/C4=N\O)[nH]2)cc1. The number of hydrogen-bond donors (Lipinski definition) is 3. The quantitative estimate of drug-likeness (QED) is 0.294. The van der Waals surface area contributed by atoms with Gasteiger partial charge in [0.2, 0.25) is 0 Å². The van der Waals surface area contributed by atoms with Crippen molar-refractivity contribution in [1.82, 2.24) is 25.1 Å². The maximum absolute atomic E-state index is 9.24. The van der Waals surface area contributed by atoms with Crippen molar-refractivity contribution in [3.63, 3.8) is 0 Å². The minimum absolute atomic E-state index is 0.642. The van der Waals surface area contributed by atoms with Crippen molar-refractivity contribution in [3.8, 4) is 39.7 Å². The van der Waals surface area contributed by atoms with E-state index in [2.05, 4.69) is 31.3 Å². The monoisotopic (exact) mass is 442 g/mol. The average molecular weight is 443 g/mol. The summed E-state index contributed by atoms with van der Waals surface area (Å²) in [6.45, 7) is 1.51. The van der Waals surface area contributed by atoms with Crippen LogP contribution in [-0.4, -0.2) is 63.2 Å². The zero-order valence-corrected chi connectivity index (χ0v) is 18.7. The van der Waals surface area contributed by atoms with Crippen molar-refractivity contribution in [2.24, 2.45) is 5.16 Å². The van der Waals surface area contributed by atoms with Crippen molar-refractivity contribution in [3.05, 3.63) is 66.0 Å². The Hall–Kier alpha value is -3.91. The molecule has 1 aliphatic carbocycles. The van der Waals surface area contributed by atoms with Gasteiger partial charge in [-0.15, -0.1) is 0 Å². The van der Waals surface area contributed by atoms with Crippen LogP contribution in [0.25, 0.3) is 33.9 Å². The molecule has 168 valence electrons. The summed E-state index contributed by atoms with van der Waals surface area (Å²) >= 11 is 0. The highest BCUT2D eigenvalue weighted by molar-refractivity contribution is 6.04. The maximum Gasteiger partial charge on any atom is 0.138 e. The zero-order chi connectivity index (χ0) is 22.8. The molecule has 1 aliphatic rings. The van der Waals surface area contributed by atoms with Crippen molar-refractivity contribution in [2.45, 2.75) is 12.8 Å². The molecular weight excluding hydrogens is 416 g/mol. The fourth-order valence-electron chi connectivity index (χ4n) is 4.09. The van der Waals surface area contributed by atoms with Crippen molar-refractivity contribution in [2.75, 3.05) is 27.2 Å². The first kappa shape index (κ1) is 21.0. The number of aryl methyl sites for hydroxylation is 1. The lowest BCUT2D eigenvalue weighted by Crippen LogP contribution is -2.19. The molecule has 0 amide bonds. The summed E-state index contributed by atoms with van der Waals surface area (Å²) < 4.78 is 5.81. The Bertz CT molecular complexity index is 1270. The lowest BCUT2D eigenvalue weighted by atomic mass is 10.0.